The normalized spacial score (nSPS) is 13.4. The molecule has 0 unspecified atom stereocenters. The number of hydrogen-bond acceptors (Lipinski definition) is 5. The maximum atomic E-state index is 13.3. The number of ether oxygens (including phenoxy) is 1. The molecule has 2 heterocycles. The Morgan fingerprint density at radius 1 is 1.12 bits per heavy atom. The van der Waals surface area contributed by atoms with Gasteiger partial charge < -0.3 is 9.30 Å². The lowest BCUT2D eigenvalue weighted by atomic mass is 10.1. The first kappa shape index (κ1) is 20.3. The molecule has 8 nitrogen and oxygen atoms in total. The minimum absolute atomic E-state index is 0.115. The highest BCUT2D eigenvalue weighted by atomic mass is 35.5. The maximum Gasteiger partial charge on any atom is 0.337 e. The molecule has 2 aromatic carbocycles. The molecule has 0 saturated heterocycles. The average Bonchev–Trinajstić information content (AvgIpc) is 3.55. The standard InChI is InChI=1S/C23H19ClN4O4/c1-32-22(30)15-8-6-14(7-9-15)12-26-13-25-20-19(26)21(29)27(16-10-11-16)23(31)28(20)18-5-3-2-4-17(18)24/h2-9,13,16H,10-12H2,1H3. The second kappa shape index (κ2) is 7.80. The van der Waals surface area contributed by atoms with Gasteiger partial charge in [0.1, 0.15) is 0 Å². The zero-order valence-corrected chi connectivity index (χ0v) is 18.0. The van der Waals surface area contributed by atoms with Crippen molar-refractivity contribution in [2.45, 2.75) is 25.4 Å². The average molecular weight is 451 g/mol. The van der Waals surface area contributed by atoms with Gasteiger partial charge in [-0.25, -0.2) is 19.1 Å². The molecule has 1 saturated carbocycles. The molecule has 0 amide bonds. The molecular weight excluding hydrogens is 432 g/mol. The van der Waals surface area contributed by atoms with Gasteiger partial charge in [0, 0.05) is 12.6 Å². The van der Waals surface area contributed by atoms with Crippen molar-refractivity contribution >= 4 is 28.7 Å². The lowest BCUT2D eigenvalue weighted by Gasteiger charge is -2.13. The molecule has 9 heteroatoms. The number of esters is 1. The van der Waals surface area contributed by atoms with Crippen LogP contribution in [-0.4, -0.2) is 31.8 Å². The Hall–Kier alpha value is -3.65. The van der Waals surface area contributed by atoms with Gasteiger partial charge in [0.05, 0.1) is 29.7 Å². The van der Waals surface area contributed by atoms with Crippen molar-refractivity contribution in [3.05, 3.63) is 91.8 Å². The molecule has 1 aliphatic carbocycles. The lowest BCUT2D eigenvalue weighted by molar-refractivity contribution is 0.0600. The molecule has 0 spiro atoms. The summed E-state index contributed by atoms with van der Waals surface area (Å²) < 4.78 is 9.17. The van der Waals surface area contributed by atoms with Crippen molar-refractivity contribution in [3.63, 3.8) is 0 Å². The van der Waals surface area contributed by atoms with Crippen LogP contribution in [-0.2, 0) is 11.3 Å². The number of imidazole rings is 1. The molecule has 0 aliphatic heterocycles. The summed E-state index contributed by atoms with van der Waals surface area (Å²) in [5.74, 6) is -0.416. The van der Waals surface area contributed by atoms with Crippen LogP contribution in [0.2, 0.25) is 5.02 Å². The van der Waals surface area contributed by atoms with E-state index >= 15 is 0 Å². The van der Waals surface area contributed by atoms with Crippen molar-refractivity contribution in [1.82, 2.24) is 18.7 Å². The Labute approximate surface area is 187 Å². The first-order valence-corrected chi connectivity index (χ1v) is 10.5. The Balaban J connectivity index is 1.68. The number of halogens is 1. The lowest BCUT2D eigenvalue weighted by Crippen LogP contribution is -2.39. The molecule has 32 heavy (non-hydrogen) atoms. The van der Waals surface area contributed by atoms with Crippen LogP contribution in [0.5, 0.6) is 0 Å². The molecular formula is C23H19ClN4O4. The third-order valence-electron chi connectivity index (χ3n) is 5.58. The largest absolute Gasteiger partial charge is 0.465 e. The van der Waals surface area contributed by atoms with Gasteiger partial charge >= 0.3 is 11.7 Å². The summed E-state index contributed by atoms with van der Waals surface area (Å²) in [6.07, 6.45) is 3.11. The first-order valence-electron chi connectivity index (χ1n) is 10.1. The zero-order valence-electron chi connectivity index (χ0n) is 17.2. The quantitative estimate of drug-likeness (QED) is 0.436. The van der Waals surface area contributed by atoms with Gasteiger partial charge in [-0.15, -0.1) is 0 Å². The summed E-state index contributed by atoms with van der Waals surface area (Å²) in [5, 5.41) is 0.393. The van der Waals surface area contributed by atoms with Crippen LogP contribution in [0.15, 0.2) is 64.4 Å². The number of benzene rings is 2. The van der Waals surface area contributed by atoms with Crippen LogP contribution in [0.3, 0.4) is 0 Å². The fraction of sp³-hybridized carbons (Fsp3) is 0.217. The van der Waals surface area contributed by atoms with Crippen LogP contribution in [0.1, 0.15) is 34.8 Å². The van der Waals surface area contributed by atoms with E-state index in [9.17, 15) is 14.4 Å². The van der Waals surface area contributed by atoms with Crippen LogP contribution >= 0.6 is 11.6 Å². The molecule has 0 atom stereocenters. The molecule has 5 rings (SSSR count). The van der Waals surface area contributed by atoms with E-state index in [0.29, 0.717) is 28.3 Å². The summed E-state index contributed by atoms with van der Waals surface area (Å²) in [4.78, 5) is 42.7. The maximum absolute atomic E-state index is 13.3. The summed E-state index contributed by atoms with van der Waals surface area (Å²) in [6.45, 7) is 0.346. The molecule has 1 fully saturated rings. The fourth-order valence-corrected chi connectivity index (χ4v) is 4.06. The van der Waals surface area contributed by atoms with E-state index in [1.807, 2.05) is 0 Å². The van der Waals surface area contributed by atoms with E-state index < -0.39 is 11.7 Å². The minimum atomic E-state index is -0.439. The van der Waals surface area contributed by atoms with Crippen LogP contribution in [0.4, 0.5) is 0 Å². The molecule has 0 radical (unpaired) electrons. The second-order valence-corrected chi connectivity index (χ2v) is 8.12. The summed E-state index contributed by atoms with van der Waals surface area (Å²) in [5.41, 5.74) is 1.57. The van der Waals surface area contributed by atoms with Crippen LogP contribution in [0, 0.1) is 0 Å². The third-order valence-corrected chi connectivity index (χ3v) is 5.90. The Morgan fingerprint density at radius 3 is 2.50 bits per heavy atom. The van der Waals surface area contributed by atoms with E-state index in [4.69, 9.17) is 16.3 Å². The van der Waals surface area contributed by atoms with Gasteiger partial charge in [-0.05, 0) is 42.7 Å². The summed E-state index contributed by atoms with van der Waals surface area (Å²) in [6, 6.07) is 13.8. The number of methoxy groups -OCH3 is 1. The monoisotopic (exact) mass is 450 g/mol. The minimum Gasteiger partial charge on any atom is -0.465 e. The fourth-order valence-electron chi connectivity index (χ4n) is 3.84. The number of hydrogen-bond donors (Lipinski definition) is 0. The molecule has 0 N–H and O–H groups in total. The van der Waals surface area contributed by atoms with Gasteiger partial charge in [0.2, 0.25) is 0 Å². The molecule has 2 aromatic heterocycles. The van der Waals surface area contributed by atoms with Crippen molar-refractivity contribution in [1.29, 1.82) is 0 Å². The van der Waals surface area contributed by atoms with E-state index in [1.165, 1.54) is 16.2 Å². The predicted molar refractivity (Wildman–Crippen MR) is 120 cm³/mol. The number of aromatic nitrogens is 4. The zero-order chi connectivity index (χ0) is 22.4. The highest BCUT2D eigenvalue weighted by Crippen LogP contribution is 2.33. The van der Waals surface area contributed by atoms with Gasteiger partial charge in [0.25, 0.3) is 5.56 Å². The molecule has 1 aliphatic rings. The van der Waals surface area contributed by atoms with Gasteiger partial charge in [-0.1, -0.05) is 35.9 Å². The van der Waals surface area contributed by atoms with Gasteiger partial charge in [-0.3, -0.25) is 9.36 Å². The number of para-hydroxylation sites is 1. The van der Waals surface area contributed by atoms with E-state index in [1.54, 1.807) is 59.4 Å². The van der Waals surface area contributed by atoms with Crippen molar-refractivity contribution in [2.75, 3.05) is 7.11 Å². The number of carbonyl (C=O) groups is 1. The van der Waals surface area contributed by atoms with Crippen molar-refractivity contribution in [2.24, 2.45) is 0 Å². The SMILES string of the molecule is COC(=O)c1ccc(Cn2cnc3c2c(=O)n(C2CC2)c(=O)n3-c2ccccc2Cl)cc1. The number of rotatable bonds is 5. The number of carbonyl (C=O) groups excluding carboxylic acids is 1. The van der Waals surface area contributed by atoms with Crippen LogP contribution in [0.25, 0.3) is 16.9 Å². The highest BCUT2D eigenvalue weighted by Gasteiger charge is 2.30. The second-order valence-electron chi connectivity index (χ2n) is 7.71. The number of fused-ring (bicyclic) bond motifs is 1. The Bertz CT molecular complexity index is 1460. The topological polar surface area (TPSA) is 88.1 Å². The smallest absolute Gasteiger partial charge is 0.337 e. The van der Waals surface area contributed by atoms with Crippen molar-refractivity contribution < 1.29 is 9.53 Å². The predicted octanol–water partition coefficient (Wildman–Crippen LogP) is 3.17. The first-order chi connectivity index (χ1) is 15.5. The summed E-state index contributed by atoms with van der Waals surface area (Å²) >= 11 is 6.39. The molecule has 0 bridgehead atoms. The summed E-state index contributed by atoms with van der Waals surface area (Å²) in [7, 11) is 1.33. The van der Waals surface area contributed by atoms with Crippen LogP contribution < -0.4 is 11.2 Å². The number of nitrogens with zero attached hydrogens (tertiary/aromatic N) is 4. The Kier molecular flexibility index (Phi) is 4.94. The van der Waals surface area contributed by atoms with Gasteiger partial charge in [-0.2, -0.15) is 0 Å². The molecule has 4 aromatic rings. The van der Waals surface area contributed by atoms with E-state index in [-0.39, 0.29) is 17.2 Å². The highest BCUT2D eigenvalue weighted by molar-refractivity contribution is 6.32. The molecule has 162 valence electrons. The van der Waals surface area contributed by atoms with E-state index in [2.05, 4.69) is 4.98 Å². The van der Waals surface area contributed by atoms with Crippen molar-refractivity contribution in [3.8, 4) is 5.69 Å². The van der Waals surface area contributed by atoms with Gasteiger partial charge in [0.15, 0.2) is 11.2 Å². The van der Waals surface area contributed by atoms with E-state index in [0.717, 1.165) is 18.4 Å². The third kappa shape index (κ3) is 3.33. The Morgan fingerprint density at radius 2 is 1.84 bits per heavy atom.